The zero-order valence-electron chi connectivity index (χ0n) is 12.9. The third-order valence-corrected chi connectivity index (χ3v) is 4.09. The lowest BCUT2D eigenvalue weighted by atomic mass is 10.2. The molecule has 0 saturated heterocycles. The van der Waals surface area contributed by atoms with E-state index in [1.165, 1.54) is 12.4 Å². The highest BCUT2D eigenvalue weighted by Gasteiger charge is 2.16. The molecule has 0 radical (unpaired) electrons. The highest BCUT2D eigenvalue weighted by Crippen LogP contribution is 2.34. The Morgan fingerprint density at radius 3 is 2.58 bits per heavy atom. The predicted molar refractivity (Wildman–Crippen MR) is 98.5 cm³/mol. The van der Waals surface area contributed by atoms with Crippen LogP contribution < -0.4 is 11.1 Å². The average molecular weight is 389 g/mol. The van der Waals surface area contributed by atoms with E-state index in [-0.39, 0.29) is 11.6 Å². The molecule has 4 rings (SSSR count). The molecule has 0 saturated carbocycles. The summed E-state index contributed by atoms with van der Waals surface area (Å²) in [5.41, 5.74) is 7.08. The molecular formula is C15H10Cl2N8O. The molecule has 0 aliphatic rings. The van der Waals surface area contributed by atoms with E-state index in [0.29, 0.717) is 38.4 Å². The molecule has 0 spiro atoms. The van der Waals surface area contributed by atoms with Crippen molar-refractivity contribution >= 4 is 51.8 Å². The van der Waals surface area contributed by atoms with Crippen molar-refractivity contribution in [3.63, 3.8) is 0 Å². The lowest BCUT2D eigenvalue weighted by Gasteiger charge is -2.05. The maximum absolute atomic E-state index is 9.47. The van der Waals surface area contributed by atoms with E-state index in [2.05, 4.69) is 35.2 Å². The number of aromatic nitrogens is 6. The second-order valence-electron chi connectivity index (χ2n) is 5.20. The molecule has 130 valence electrons. The minimum Gasteiger partial charge on any atom is -0.479 e. The predicted octanol–water partition coefficient (Wildman–Crippen LogP) is 3.15. The number of aromatic hydroxyl groups is 1. The Morgan fingerprint density at radius 1 is 1.08 bits per heavy atom. The zero-order chi connectivity index (χ0) is 18.3. The van der Waals surface area contributed by atoms with Crippen molar-refractivity contribution in [2.75, 3.05) is 11.1 Å². The van der Waals surface area contributed by atoms with Crippen LogP contribution in [0.25, 0.3) is 22.6 Å². The number of H-pyrrole nitrogens is 1. The highest BCUT2D eigenvalue weighted by atomic mass is 35.5. The van der Waals surface area contributed by atoms with Crippen LogP contribution in [0.2, 0.25) is 10.0 Å². The molecule has 5 N–H and O–H groups in total. The molecule has 4 aromatic rings. The number of halogens is 2. The number of imidazole rings is 1. The van der Waals surface area contributed by atoms with Crippen LogP contribution >= 0.6 is 23.2 Å². The minimum atomic E-state index is -0.455. The van der Waals surface area contributed by atoms with Gasteiger partial charge in [-0.2, -0.15) is 9.97 Å². The minimum absolute atomic E-state index is 0.107. The van der Waals surface area contributed by atoms with Gasteiger partial charge >= 0.3 is 6.01 Å². The lowest BCUT2D eigenvalue weighted by molar-refractivity contribution is 0.432. The second-order valence-corrected chi connectivity index (χ2v) is 6.02. The Labute approximate surface area is 156 Å². The molecule has 0 bridgehead atoms. The van der Waals surface area contributed by atoms with Crippen molar-refractivity contribution in [3.05, 3.63) is 40.6 Å². The summed E-state index contributed by atoms with van der Waals surface area (Å²) in [4.78, 5) is 23.3. The molecule has 1 aromatic carbocycles. The lowest BCUT2D eigenvalue weighted by Crippen LogP contribution is -2.00. The summed E-state index contributed by atoms with van der Waals surface area (Å²) < 4.78 is 0. The highest BCUT2D eigenvalue weighted by molar-refractivity contribution is 6.39. The number of nitrogens with zero attached hydrogens (tertiary/aromatic N) is 5. The van der Waals surface area contributed by atoms with E-state index in [1.54, 1.807) is 18.2 Å². The van der Waals surface area contributed by atoms with Gasteiger partial charge in [0.05, 0.1) is 15.6 Å². The number of benzene rings is 1. The molecule has 0 atom stereocenters. The molecule has 0 amide bonds. The molecule has 0 aliphatic carbocycles. The number of rotatable bonds is 3. The van der Waals surface area contributed by atoms with Gasteiger partial charge in [0.1, 0.15) is 23.8 Å². The van der Waals surface area contributed by atoms with E-state index in [1.807, 2.05) is 0 Å². The summed E-state index contributed by atoms with van der Waals surface area (Å²) in [5.74, 6) is 1.17. The van der Waals surface area contributed by atoms with Gasteiger partial charge in [0.2, 0.25) is 0 Å². The van der Waals surface area contributed by atoms with Crippen LogP contribution in [0.1, 0.15) is 0 Å². The van der Waals surface area contributed by atoms with Crippen LogP contribution in [-0.4, -0.2) is 35.0 Å². The fourth-order valence-corrected chi connectivity index (χ4v) is 2.98. The summed E-state index contributed by atoms with van der Waals surface area (Å²) >= 11 is 12.5. The summed E-state index contributed by atoms with van der Waals surface area (Å²) in [6, 6.07) is 6.17. The molecule has 3 aromatic heterocycles. The Kier molecular flexibility index (Phi) is 3.94. The summed E-state index contributed by atoms with van der Waals surface area (Å²) in [6.07, 6.45) is 1.35. The third kappa shape index (κ3) is 2.93. The summed E-state index contributed by atoms with van der Waals surface area (Å²) in [7, 11) is 0. The van der Waals surface area contributed by atoms with E-state index < -0.39 is 6.01 Å². The van der Waals surface area contributed by atoms with E-state index >= 15 is 0 Å². The Balaban J connectivity index is 1.81. The number of hydrogen-bond acceptors (Lipinski definition) is 8. The van der Waals surface area contributed by atoms with Gasteiger partial charge in [0, 0.05) is 6.07 Å². The molecule has 0 fully saturated rings. The van der Waals surface area contributed by atoms with Crippen LogP contribution in [0.5, 0.6) is 6.01 Å². The maximum Gasteiger partial charge on any atom is 0.317 e. The number of nitrogen functional groups attached to an aromatic ring is 1. The molecule has 11 heteroatoms. The van der Waals surface area contributed by atoms with Gasteiger partial charge in [-0.15, -0.1) is 0 Å². The van der Waals surface area contributed by atoms with Crippen molar-refractivity contribution in [3.8, 4) is 17.4 Å². The SMILES string of the molecule is Nc1cc(Nc2ncnc3[nH]c(-c4c(Cl)cccc4Cl)nc23)nc(O)n1. The average Bonchev–Trinajstić information content (AvgIpc) is 2.98. The maximum atomic E-state index is 9.47. The van der Waals surface area contributed by atoms with Gasteiger partial charge in [0.15, 0.2) is 17.0 Å². The number of aromatic amines is 1. The molecule has 0 aliphatic heterocycles. The number of hydrogen-bond donors (Lipinski definition) is 4. The summed E-state index contributed by atoms with van der Waals surface area (Å²) in [6.45, 7) is 0. The van der Waals surface area contributed by atoms with Crippen LogP contribution in [0, 0.1) is 0 Å². The van der Waals surface area contributed by atoms with Gasteiger partial charge in [-0.25, -0.2) is 15.0 Å². The van der Waals surface area contributed by atoms with E-state index in [0.717, 1.165) is 0 Å². The monoisotopic (exact) mass is 388 g/mol. The van der Waals surface area contributed by atoms with Gasteiger partial charge in [-0.1, -0.05) is 29.3 Å². The first-order chi connectivity index (χ1) is 12.5. The number of anilines is 3. The number of nitrogens with two attached hydrogens (primary N) is 1. The molecule has 3 heterocycles. The smallest absolute Gasteiger partial charge is 0.317 e. The summed E-state index contributed by atoms with van der Waals surface area (Å²) in [5, 5.41) is 13.3. The Bertz CT molecular complexity index is 1090. The molecule has 26 heavy (non-hydrogen) atoms. The topological polar surface area (TPSA) is 139 Å². The van der Waals surface area contributed by atoms with Crippen LogP contribution in [0.15, 0.2) is 30.6 Å². The van der Waals surface area contributed by atoms with Crippen LogP contribution in [0.3, 0.4) is 0 Å². The van der Waals surface area contributed by atoms with Gasteiger partial charge in [-0.05, 0) is 12.1 Å². The molecule has 9 nitrogen and oxygen atoms in total. The van der Waals surface area contributed by atoms with Crippen LogP contribution in [0.4, 0.5) is 17.5 Å². The van der Waals surface area contributed by atoms with Gasteiger partial charge in [-0.3, -0.25) is 0 Å². The quantitative estimate of drug-likeness (QED) is 0.419. The molecular weight excluding hydrogens is 379 g/mol. The fraction of sp³-hybridized carbons (Fsp3) is 0. The normalized spacial score (nSPS) is 11.0. The van der Waals surface area contributed by atoms with E-state index in [9.17, 15) is 5.11 Å². The largest absolute Gasteiger partial charge is 0.479 e. The third-order valence-electron chi connectivity index (χ3n) is 3.46. The van der Waals surface area contributed by atoms with Crippen molar-refractivity contribution in [1.29, 1.82) is 0 Å². The first-order valence-corrected chi connectivity index (χ1v) is 8.02. The van der Waals surface area contributed by atoms with Crippen molar-refractivity contribution in [2.45, 2.75) is 0 Å². The number of fused-ring (bicyclic) bond motifs is 1. The van der Waals surface area contributed by atoms with E-state index in [4.69, 9.17) is 28.9 Å². The van der Waals surface area contributed by atoms with Gasteiger partial charge < -0.3 is 21.1 Å². The zero-order valence-corrected chi connectivity index (χ0v) is 14.4. The Morgan fingerprint density at radius 2 is 1.85 bits per heavy atom. The number of nitrogens with one attached hydrogen (secondary N) is 2. The van der Waals surface area contributed by atoms with Crippen molar-refractivity contribution in [1.82, 2.24) is 29.9 Å². The second kappa shape index (κ2) is 6.28. The van der Waals surface area contributed by atoms with Gasteiger partial charge in [0.25, 0.3) is 0 Å². The fourth-order valence-electron chi connectivity index (χ4n) is 2.40. The van der Waals surface area contributed by atoms with Crippen molar-refractivity contribution < 1.29 is 5.11 Å². The first-order valence-electron chi connectivity index (χ1n) is 7.27. The molecule has 0 unspecified atom stereocenters. The van der Waals surface area contributed by atoms with Crippen molar-refractivity contribution in [2.24, 2.45) is 0 Å². The standard InChI is InChI=1S/C15H10Cl2N8O/c16-6-2-1-3-7(17)10(6)12-24-11-13(19-5-20-14(11)25-12)22-9-4-8(18)21-15(26)23-9/h1-5H,(H5,18,19,20,21,22,23,24,25,26). The van der Waals surface area contributed by atoms with Crippen LogP contribution in [-0.2, 0) is 0 Å². The Hall–Kier alpha value is -3.17. The first kappa shape index (κ1) is 16.3.